The molecule has 12 heteroatoms. The number of carbonyl (C=O) groups is 2. The molecule has 31 heavy (non-hydrogen) atoms. The van der Waals surface area contributed by atoms with Gasteiger partial charge in [-0.3, -0.25) is 0 Å². The summed E-state index contributed by atoms with van der Waals surface area (Å²) >= 11 is 12.5. The maximum absolute atomic E-state index is 13.0. The van der Waals surface area contributed by atoms with Crippen LogP contribution in [0.5, 0.6) is 0 Å². The number of nitrogens with two attached hydrogens (primary N) is 1. The van der Waals surface area contributed by atoms with Crippen LogP contribution in [0.1, 0.15) is 32.3 Å². The minimum Gasteiger partial charge on any atom is -0.463 e. The van der Waals surface area contributed by atoms with Gasteiger partial charge in [-0.05, 0) is 32.4 Å². The van der Waals surface area contributed by atoms with Crippen molar-refractivity contribution in [3.8, 4) is 0 Å². The third-order valence-corrected chi connectivity index (χ3v) is 5.15. The predicted molar refractivity (Wildman–Crippen MR) is 111 cm³/mol. The first kappa shape index (κ1) is 24.3. The number of nitrogens with zero attached hydrogens (tertiary/aromatic N) is 1. The van der Waals surface area contributed by atoms with E-state index in [9.17, 15) is 19.7 Å². The van der Waals surface area contributed by atoms with Gasteiger partial charge in [-0.1, -0.05) is 35.3 Å². The van der Waals surface area contributed by atoms with Crippen LogP contribution in [-0.2, 0) is 23.9 Å². The van der Waals surface area contributed by atoms with Gasteiger partial charge in [-0.15, -0.1) is 10.1 Å². The molecule has 1 aromatic carbocycles. The first-order valence-electron chi connectivity index (χ1n) is 9.15. The molecule has 10 nitrogen and oxygen atoms in total. The smallest absolute Gasteiger partial charge is 0.338 e. The average molecular weight is 474 g/mol. The number of hydrogen-bond donors (Lipinski definition) is 2. The topological polar surface area (TPSA) is 143 Å². The molecular weight excluding hydrogens is 453 g/mol. The molecule has 1 heterocycles. The molecule has 0 aliphatic carbocycles. The normalized spacial score (nSPS) is 17.0. The van der Waals surface area contributed by atoms with Crippen LogP contribution >= 0.6 is 23.2 Å². The molecule has 0 aromatic heterocycles. The first-order chi connectivity index (χ1) is 14.6. The van der Waals surface area contributed by atoms with E-state index in [1.165, 1.54) is 6.92 Å². The van der Waals surface area contributed by atoms with E-state index >= 15 is 0 Å². The van der Waals surface area contributed by atoms with Crippen LogP contribution in [-0.4, -0.2) is 36.3 Å². The lowest BCUT2D eigenvalue weighted by Gasteiger charge is -2.30. The summed E-state index contributed by atoms with van der Waals surface area (Å²) in [4.78, 5) is 40.5. The van der Waals surface area contributed by atoms with Crippen LogP contribution in [0.2, 0.25) is 10.0 Å². The van der Waals surface area contributed by atoms with Gasteiger partial charge in [-0.2, -0.15) is 0 Å². The molecular formula is C19H21Cl2N3O7. The van der Waals surface area contributed by atoms with Crippen molar-refractivity contribution in [3.63, 3.8) is 0 Å². The molecule has 0 fully saturated rings. The van der Waals surface area contributed by atoms with E-state index in [0.717, 1.165) is 0 Å². The summed E-state index contributed by atoms with van der Waals surface area (Å²) in [7, 11) is 0. The third-order valence-electron chi connectivity index (χ3n) is 4.32. The van der Waals surface area contributed by atoms with Crippen molar-refractivity contribution in [2.45, 2.75) is 32.8 Å². The fourth-order valence-corrected chi connectivity index (χ4v) is 3.48. The number of dihydropyridines is 1. The second-order valence-corrected chi connectivity index (χ2v) is 7.31. The van der Waals surface area contributed by atoms with Crippen LogP contribution in [0.3, 0.4) is 0 Å². The summed E-state index contributed by atoms with van der Waals surface area (Å²) in [5.41, 5.74) is 6.69. The van der Waals surface area contributed by atoms with E-state index in [1.807, 2.05) is 0 Å². The molecule has 168 valence electrons. The number of carbonyl (C=O) groups excluding carboxylic acids is 2. The summed E-state index contributed by atoms with van der Waals surface area (Å²) in [6, 6.07) is 4.75. The number of hydrogen-bond acceptors (Lipinski definition) is 9. The second kappa shape index (κ2) is 10.4. The van der Waals surface area contributed by atoms with Gasteiger partial charge < -0.3 is 25.4 Å². The van der Waals surface area contributed by atoms with Gasteiger partial charge in [-0.25, -0.2) is 9.59 Å². The van der Waals surface area contributed by atoms with Crippen molar-refractivity contribution in [2.24, 2.45) is 5.73 Å². The van der Waals surface area contributed by atoms with Crippen molar-refractivity contribution in [1.82, 2.24) is 5.32 Å². The second-order valence-electron chi connectivity index (χ2n) is 6.53. The van der Waals surface area contributed by atoms with E-state index in [-0.39, 0.29) is 33.6 Å². The van der Waals surface area contributed by atoms with Crippen LogP contribution in [0, 0.1) is 10.1 Å². The molecule has 3 N–H and O–H groups in total. The number of halogens is 2. The molecule has 2 rings (SSSR count). The molecule has 1 aliphatic rings. The van der Waals surface area contributed by atoms with Gasteiger partial charge in [0.05, 0.1) is 33.7 Å². The van der Waals surface area contributed by atoms with Gasteiger partial charge in [0.1, 0.15) is 18.5 Å². The standard InChI is InChI=1S/C19H21Cl2N3O7/c1-4-29-19(26)15-14(11-6-5-7-12(20)16(11)21)13(10(3)23-17(15)22)18(25)30-8-9(2)31-24(27)28/h5-7,9,14,23H,4,8,22H2,1-3H3. The largest absolute Gasteiger partial charge is 0.463 e. The Balaban J connectivity index is 2.52. The summed E-state index contributed by atoms with van der Waals surface area (Å²) < 4.78 is 10.3. The van der Waals surface area contributed by atoms with E-state index < -0.39 is 35.7 Å². The highest BCUT2D eigenvalue weighted by Gasteiger charge is 2.40. The van der Waals surface area contributed by atoms with Crippen LogP contribution in [0.4, 0.5) is 0 Å². The number of ether oxygens (including phenoxy) is 2. The molecule has 0 radical (unpaired) electrons. The maximum atomic E-state index is 13.0. The Morgan fingerprint density at radius 3 is 2.52 bits per heavy atom. The van der Waals surface area contributed by atoms with Gasteiger partial charge in [0.15, 0.2) is 0 Å². The Bertz CT molecular complexity index is 962. The molecule has 0 saturated heterocycles. The third kappa shape index (κ3) is 5.59. The number of esters is 2. The lowest BCUT2D eigenvalue weighted by molar-refractivity contribution is -0.767. The zero-order valence-corrected chi connectivity index (χ0v) is 18.5. The SMILES string of the molecule is CCOC(=O)C1=C(N)NC(C)=C(C(=O)OCC(C)O[N+](=O)[O-])C1c1cccc(Cl)c1Cl. The van der Waals surface area contributed by atoms with Crippen LogP contribution < -0.4 is 11.1 Å². The van der Waals surface area contributed by atoms with E-state index in [1.54, 1.807) is 32.0 Å². The highest BCUT2D eigenvalue weighted by atomic mass is 35.5. The highest BCUT2D eigenvalue weighted by Crippen LogP contribution is 2.42. The Hall–Kier alpha value is -2.98. The molecule has 1 aromatic rings. The van der Waals surface area contributed by atoms with Gasteiger partial charge >= 0.3 is 11.9 Å². The number of nitrogens with one attached hydrogen (secondary N) is 1. The van der Waals surface area contributed by atoms with Crippen molar-refractivity contribution in [2.75, 3.05) is 13.2 Å². The van der Waals surface area contributed by atoms with Gasteiger partial charge in [0.25, 0.3) is 5.09 Å². The maximum Gasteiger partial charge on any atom is 0.338 e. The lowest BCUT2D eigenvalue weighted by atomic mass is 9.81. The molecule has 0 amide bonds. The molecule has 1 aliphatic heterocycles. The quantitative estimate of drug-likeness (QED) is 0.330. The number of allylic oxidation sites excluding steroid dienone is 1. The fourth-order valence-electron chi connectivity index (χ4n) is 3.06. The highest BCUT2D eigenvalue weighted by molar-refractivity contribution is 6.42. The Morgan fingerprint density at radius 2 is 1.90 bits per heavy atom. The Morgan fingerprint density at radius 1 is 1.26 bits per heavy atom. The van der Waals surface area contributed by atoms with Crippen molar-refractivity contribution >= 4 is 35.1 Å². The minimum atomic E-state index is -1.05. The predicted octanol–water partition coefficient (Wildman–Crippen LogP) is 2.83. The van der Waals surface area contributed by atoms with Crippen LogP contribution in [0.15, 0.2) is 40.9 Å². The van der Waals surface area contributed by atoms with E-state index in [4.69, 9.17) is 38.4 Å². The Labute approximate surface area is 188 Å². The summed E-state index contributed by atoms with van der Waals surface area (Å²) in [5, 5.41) is 12.6. The van der Waals surface area contributed by atoms with E-state index in [2.05, 4.69) is 10.2 Å². The molecule has 0 saturated carbocycles. The van der Waals surface area contributed by atoms with Crippen LogP contribution in [0.25, 0.3) is 0 Å². The number of benzene rings is 1. The molecule has 2 unspecified atom stereocenters. The molecule has 0 bridgehead atoms. The first-order valence-corrected chi connectivity index (χ1v) is 9.90. The van der Waals surface area contributed by atoms with Crippen molar-refractivity contribution in [3.05, 3.63) is 66.6 Å². The fraction of sp³-hybridized carbons (Fsp3) is 0.368. The zero-order valence-electron chi connectivity index (χ0n) is 16.9. The lowest BCUT2D eigenvalue weighted by Crippen LogP contribution is -2.36. The van der Waals surface area contributed by atoms with Crippen molar-refractivity contribution in [1.29, 1.82) is 0 Å². The summed E-state index contributed by atoms with van der Waals surface area (Å²) in [5.74, 6) is -2.67. The van der Waals surface area contributed by atoms with Gasteiger partial charge in [0.2, 0.25) is 0 Å². The zero-order chi connectivity index (χ0) is 23.3. The monoisotopic (exact) mass is 473 g/mol. The summed E-state index contributed by atoms with van der Waals surface area (Å²) in [6.45, 7) is 4.22. The minimum absolute atomic E-state index is 0.0152. The number of rotatable bonds is 8. The average Bonchev–Trinajstić information content (AvgIpc) is 2.67. The van der Waals surface area contributed by atoms with E-state index in [0.29, 0.717) is 11.3 Å². The molecule has 0 spiro atoms. The van der Waals surface area contributed by atoms with Gasteiger partial charge in [0, 0.05) is 5.70 Å². The Kier molecular flexibility index (Phi) is 8.12. The summed E-state index contributed by atoms with van der Waals surface area (Å²) in [6.07, 6.45) is -1.00. The molecule has 2 atom stereocenters. The van der Waals surface area contributed by atoms with Crippen molar-refractivity contribution < 1.29 is 29.0 Å².